The van der Waals surface area contributed by atoms with Crippen molar-refractivity contribution in [3.63, 3.8) is 0 Å². The van der Waals surface area contributed by atoms with Crippen LogP contribution in [-0.4, -0.2) is 62.8 Å². The Morgan fingerprint density at radius 2 is 1.34 bits per heavy atom. The van der Waals surface area contributed by atoms with E-state index in [0.29, 0.717) is 37.6 Å². The summed E-state index contributed by atoms with van der Waals surface area (Å²) >= 11 is -2.12. The quantitative estimate of drug-likeness (QED) is 0.171. The number of benzene rings is 3. The summed E-state index contributed by atoms with van der Waals surface area (Å²) in [5.74, 6) is 0.602. The van der Waals surface area contributed by atoms with Crippen molar-refractivity contribution >= 4 is 45.4 Å². The van der Waals surface area contributed by atoms with Crippen molar-refractivity contribution in [1.82, 2.24) is 4.31 Å². The molecular weight excluding hydrogens is 742 g/mol. The fourth-order valence-electron chi connectivity index (χ4n) is 6.28. The fourth-order valence-corrected chi connectivity index (χ4v) is 9.51. The van der Waals surface area contributed by atoms with Crippen LogP contribution in [0.2, 0.25) is 0 Å². The fraction of sp³-hybridized carbons (Fsp3) is 0.444. The van der Waals surface area contributed by atoms with Crippen LogP contribution >= 0.6 is 19.4 Å². The molecule has 3 aromatic carbocycles. The van der Waals surface area contributed by atoms with E-state index in [-0.39, 0.29) is 11.0 Å². The topological polar surface area (TPSA) is 62.3 Å². The smallest absolute Gasteiger partial charge is 0.0146 e. The Morgan fingerprint density at radius 3 is 1.79 bits per heavy atom. The largest absolute Gasteiger partial charge is 0.502 e. The van der Waals surface area contributed by atoms with Crippen LogP contribution in [0.4, 0.5) is 11.4 Å². The number of morpholine rings is 1. The van der Waals surface area contributed by atoms with Gasteiger partial charge >= 0.3 is 157 Å². The molecule has 0 bridgehead atoms. The van der Waals surface area contributed by atoms with E-state index in [1.807, 2.05) is 13.8 Å². The normalized spacial score (nSPS) is 16.4. The molecule has 47 heavy (non-hydrogen) atoms. The van der Waals surface area contributed by atoms with E-state index >= 15 is 0 Å². The molecule has 0 aliphatic carbocycles. The Hall–Kier alpha value is -2.00. The predicted molar refractivity (Wildman–Crippen MR) is 194 cm³/mol. The average Bonchev–Trinajstić information content (AvgIpc) is 3.46. The van der Waals surface area contributed by atoms with Gasteiger partial charge in [0.1, 0.15) is 0 Å². The molecule has 2 heterocycles. The second-order valence-electron chi connectivity index (χ2n) is 12.4. The molecule has 2 fully saturated rings. The van der Waals surface area contributed by atoms with Gasteiger partial charge in [-0.15, -0.1) is 0 Å². The van der Waals surface area contributed by atoms with Crippen LogP contribution in [-0.2, 0) is 28.3 Å². The van der Waals surface area contributed by atoms with Gasteiger partial charge in [0.15, 0.2) is 0 Å². The Bertz CT molecular complexity index is 1600. The summed E-state index contributed by atoms with van der Waals surface area (Å²) in [5.41, 5.74) is 11.5. The van der Waals surface area contributed by atoms with Gasteiger partial charge in [0, 0.05) is 24.5 Å². The van der Waals surface area contributed by atoms with Gasteiger partial charge in [0.05, 0.1) is 0 Å². The van der Waals surface area contributed by atoms with Gasteiger partial charge in [-0.05, 0) is 63.8 Å². The summed E-state index contributed by atoms with van der Waals surface area (Å²) in [7, 11) is 8.42. The van der Waals surface area contributed by atoms with Gasteiger partial charge in [-0.1, -0.05) is 35.4 Å². The molecule has 5 rings (SSSR count). The van der Waals surface area contributed by atoms with Crippen molar-refractivity contribution in [3.8, 4) is 5.75 Å². The minimum Gasteiger partial charge on any atom is -0.502 e. The first-order valence-electron chi connectivity index (χ1n) is 16.0. The van der Waals surface area contributed by atoms with E-state index < -0.39 is 23.5 Å². The van der Waals surface area contributed by atoms with Crippen molar-refractivity contribution in [2.24, 2.45) is 0 Å². The van der Waals surface area contributed by atoms with Crippen LogP contribution < -0.4 is 14.5 Å². The summed E-state index contributed by atoms with van der Waals surface area (Å²) in [5, 5.41) is 0. The van der Waals surface area contributed by atoms with Crippen LogP contribution in [0.15, 0.2) is 47.4 Å². The molecule has 0 radical (unpaired) electrons. The molecule has 260 valence electrons. The molecule has 2 aliphatic rings. The predicted octanol–water partition coefficient (Wildman–Crippen LogP) is 7.94. The molecule has 2 aliphatic heterocycles. The van der Waals surface area contributed by atoms with Crippen molar-refractivity contribution in [3.05, 3.63) is 88.1 Å². The molecule has 3 aromatic rings. The third-order valence-corrected chi connectivity index (χ3v) is 12.1. The Balaban J connectivity index is 0.000000213. The van der Waals surface area contributed by atoms with Crippen LogP contribution in [0.5, 0.6) is 5.75 Å². The zero-order valence-corrected chi connectivity index (χ0v) is 32.8. The molecule has 11 heteroatoms. The zero-order chi connectivity index (χ0) is 34.5. The van der Waals surface area contributed by atoms with Gasteiger partial charge in [-0.2, -0.15) is 6.67 Å². The molecule has 1 unspecified atom stereocenters. The SMILES string of the molecule is CCC(C)Oc1ccc(S(=O)(=O)N2CCOCC2)cc1[CH]=[Ru]([Cl])[Cl].Cc1cc(C)c(N2[CH-]N(c3c(C)cc(C)cc3C)CC2)c(C)c1. The van der Waals surface area contributed by atoms with Gasteiger partial charge in [0.2, 0.25) is 0 Å². The Morgan fingerprint density at radius 1 is 0.851 bits per heavy atom. The standard InChI is InChI=1S/C21H27N2.C15H21NO4S.2ClH.Ru/c1-14-9-16(3)20(17(4)10-14)22-7-8-23(13-22)21-18(5)11-15(2)12-19(21)6;1-4-13(3)20-15-6-5-14(11-12(15)2)21(17,18)16-7-9-19-10-8-16;;;/h9-13H,7-8H2,1-6H3;2,5-6,11,13H,4,7-10H2,1,3H3;2*1H;/q-1;;;;+2/p-2. The first-order valence-corrected chi connectivity index (χ1v) is 22.9. The molecule has 0 aromatic heterocycles. The number of hydrogen-bond donors (Lipinski definition) is 0. The summed E-state index contributed by atoms with van der Waals surface area (Å²) in [6, 6.07) is 14.0. The van der Waals surface area contributed by atoms with Gasteiger partial charge in [-0.25, -0.2) is 0 Å². The number of hydrogen-bond acceptors (Lipinski definition) is 6. The molecular formula is C36H48Cl2N3O4RuS-. The number of nitrogens with zero attached hydrogens (tertiary/aromatic N) is 3. The Labute approximate surface area is 295 Å². The van der Waals surface area contributed by atoms with Crippen LogP contribution in [0, 0.1) is 48.2 Å². The Kier molecular flexibility index (Phi) is 13.4. The van der Waals surface area contributed by atoms with Crippen molar-refractivity contribution in [2.75, 3.05) is 49.2 Å². The second-order valence-corrected chi connectivity index (χ2v) is 20.0. The van der Waals surface area contributed by atoms with E-state index in [0.717, 1.165) is 19.5 Å². The van der Waals surface area contributed by atoms with E-state index in [1.54, 1.807) is 22.8 Å². The second kappa shape index (κ2) is 16.6. The molecule has 7 nitrogen and oxygen atoms in total. The number of sulfonamides is 1. The molecule has 1 atom stereocenters. The summed E-state index contributed by atoms with van der Waals surface area (Å²) in [4.78, 5) is 5.03. The first-order chi connectivity index (χ1) is 22.2. The molecule has 0 amide bonds. The van der Waals surface area contributed by atoms with E-state index in [2.05, 4.69) is 82.3 Å². The molecule has 2 saturated heterocycles. The number of anilines is 2. The first kappa shape index (κ1) is 37.8. The van der Waals surface area contributed by atoms with Crippen molar-refractivity contribution in [1.29, 1.82) is 0 Å². The van der Waals surface area contributed by atoms with Crippen LogP contribution in [0.25, 0.3) is 0 Å². The minimum absolute atomic E-state index is 0.0187. The minimum atomic E-state index is -3.56. The molecule has 0 N–H and O–H groups in total. The monoisotopic (exact) mass is 790 g/mol. The third-order valence-electron chi connectivity index (χ3n) is 8.39. The van der Waals surface area contributed by atoms with Crippen LogP contribution in [0.3, 0.4) is 0 Å². The summed E-state index contributed by atoms with van der Waals surface area (Å²) in [6.45, 7) is 23.1. The van der Waals surface area contributed by atoms with E-state index in [9.17, 15) is 8.42 Å². The number of aryl methyl sites for hydroxylation is 6. The van der Waals surface area contributed by atoms with E-state index in [4.69, 9.17) is 28.9 Å². The maximum atomic E-state index is 12.8. The summed E-state index contributed by atoms with van der Waals surface area (Å²) < 4.78 is 39.8. The van der Waals surface area contributed by atoms with Crippen molar-refractivity contribution in [2.45, 2.75) is 72.8 Å². The average molecular weight is 791 g/mol. The maximum Gasteiger partial charge on any atom is 0.0146 e. The number of ether oxygens (including phenoxy) is 2. The molecule has 0 saturated carbocycles. The van der Waals surface area contributed by atoms with Crippen LogP contribution in [0.1, 0.15) is 59.2 Å². The summed E-state index contributed by atoms with van der Waals surface area (Å²) in [6.07, 6.45) is 0.862. The van der Waals surface area contributed by atoms with Gasteiger partial charge in [-0.3, -0.25) is 0 Å². The van der Waals surface area contributed by atoms with Gasteiger partial charge in [0.25, 0.3) is 0 Å². The van der Waals surface area contributed by atoms with E-state index in [1.165, 1.54) is 49.1 Å². The molecule has 0 spiro atoms. The third kappa shape index (κ3) is 9.58. The zero-order valence-electron chi connectivity index (χ0n) is 28.7. The maximum absolute atomic E-state index is 12.8. The number of rotatable bonds is 8. The van der Waals surface area contributed by atoms with Gasteiger partial charge < -0.3 is 9.80 Å². The van der Waals surface area contributed by atoms with Crippen molar-refractivity contribution < 1.29 is 31.4 Å². The number of halogens is 2.